The van der Waals surface area contributed by atoms with Crippen molar-refractivity contribution in [3.05, 3.63) is 83.9 Å². The van der Waals surface area contributed by atoms with Gasteiger partial charge in [0.25, 0.3) is 0 Å². The lowest BCUT2D eigenvalue weighted by atomic mass is 9.99. The first-order valence-corrected chi connectivity index (χ1v) is 14.8. The van der Waals surface area contributed by atoms with Gasteiger partial charge in [0, 0.05) is 11.1 Å². The molecule has 0 bridgehead atoms. The second-order valence-corrected chi connectivity index (χ2v) is 11.3. The molecule has 0 unspecified atom stereocenters. The minimum absolute atomic E-state index is 0.186. The Balaban J connectivity index is 1.39. The van der Waals surface area contributed by atoms with E-state index in [4.69, 9.17) is 18.9 Å². The van der Waals surface area contributed by atoms with Crippen LogP contribution in [-0.4, -0.2) is 73.5 Å². The van der Waals surface area contributed by atoms with Crippen LogP contribution in [0.3, 0.4) is 0 Å². The predicted octanol–water partition coefficient (Wildman–Crippen LogP) is 6.08. The van der Waals surface area contributed by atoms with Gasteiger partial charge < -0.3 is 18.9 Å². The third-order valence-corrected chi connectivity index (χ3v) is 8.84. The molecule has 2 saturated heterocycles. The highest BCUT2D eigenvalue weighted by atomic mass is 16.5. The van der Waals surface area contributed by atoms with E-state index in [0.29, 0.717) is 11.8 Å². The molecule has 3 aromatic carbocycles. The summed E-state index contributed by atoms with van der Waals surface area (Å²) in [6.07, 6.45) is 3.76. The summed E-state index contributed by atoms with van der Waals surface area (Å²) in [6, 6.07) is 24.6. The number of benzene rings is 3. The van der Waals surface area contributed by atoms with Crippen molar-refractivity contribution >= 4 is 10.8 Å². The van der Waals surface area contributed by atoms with Crippen molar-refractivity contribution in [1.29, 1.82) is 0 Å². The van der Waals surface area contributed by atoms with Crippen LogP contribution in [0.25, 0.3) is 10.8 Å². The van der Waals surface area contributed by atoms with Crippen LogP contribution in [-0.2, 0) is 0 Å². The first-order chi connectivity index (χ1) is 20.6. The first-order valence-electron chi connectivity index (χ1n) is 14.8. The number of rotatable bonds is 10. The largest absolute Gasteiger partial charge is 0.496 e. The van der Waals surface area contributed by atoms with E-state index in [9.17, 15) is 0 Å². The van der Waals surface area contributed by atoms with E-state index in [1.165, 1.54) is 0 Å². The summed E-state index contributed by atoms with van der Waals surface area (Å²) in [7, 11) is 7.72. The van der Waals surface area contributed by atoms with Gasteiger partial charge in [-0.05, 0) is 77.1 Å². The summed E-state index contributed by atoms with van der Waals surface area (Å²) < 4.78 is 25.2. The van der Waals surface area contributed by atoms with Gasteiger partial charge in [0.2, 0.25) is 11.8 Å². The Labute approximate surface area is 248 Å². The fraction of sp³-hybridized carbons (Fsp3) is 0.412. The van der Waals surface area contributed by atoms with Gasteiger partial charge in [0.05, 0.1) is 37.1 Å². The highest BCUT2D eigenvalue weighted by Gasteiger charge is 2.36. The van der Waals surface area contributed by atoms with Crippen LogP contribution in [0, 0.1) is 0 Å². The quantitative estimate of drug-likeness (QED) is 0.228. The molecule has 0 saturated carbocycles. The van der Waals surface area contributed by atoms with Gasteiger partial charge in [-0.1, -0.05) is 48.5 Å². The van der Waals surface area contributed by atoms with Crippen LogP contribution in [0.15, 0.2) is 72.8 Å². The molecule has 2 fully saturated rings. The van der Waals surface area contributed by atoms with E-state index < -0.39 is 0 Å². The standard InChI is InChI=1S/C34H40N4O4/c1-37-21-11-17-27(37)31(25-15-7-9-19-29(25)39-3)41-33-23-13-5-6-14-24(23)34(36-35-33)42-32(28-18-12-22-38(28)2)26-16-8-10-20-30(26)40-4/h5-10,13-16,19-20,27-28,31-32H,11-12,17-18,21-22H2,1-4H3/t27-,28-,31+,32+/m0/s1. The van der Waals surface area contributed by atoms with E-state index in [-0.39, 0.29) is 24.3 Å². The number of para-hydroxylation sites is 2. The molecule has 3 heterocycles. The molecule has 0 aliphatic carbocycles. The molecule has 0 amide bonds. The molecule has 4 aromatic rings. The molecule has 0 radical (unpaired) electrons. The average molecular weight is 569 g/mol. The van der Waals surface area contributed by atoms with Crippen LogP contribution in [0.2, 0.25) is 0 Å². The SMILES string of the molecule is COc1ccccc1[C@@H](Oc1nnc(O[C@H](c2ccccc2OC)[C@@H]2CCCN2C)c2ccccc12)[C@@H]1CCCN1C. The Bertz CT molecular complexity index is 1400. The molecule has 2 aliphatic heterocycles. The zero-order chi connectivity index (χ0) is 29.1. The Morgan fingerprint density at radius 1 is 0.619 bits per heavy atom. The fourth-order valence-electron chi connectivity index (χ4n) is 6.61. The number of ether oxygens (including phenoxy) is 4. The van der Waals surface area contributed by atoms with E-state index in [1.54, 1.807) is 14.2 Å². The molecule has 0 spiro atoms. The van der Waals surface area contributed by atoms with Crippen molar-refractivity contribution in [2.75, 3.05) is 41.4 Å². The summed E-state index contributed by atoms with van der Waals surface area (Å²) in [4.78, 5) is 4.72. The van der Waals surface area contributed by atoms with Crippen LogP contribution < -0.4 is 18.9 Å². The van der Waals surface area contributed by atoms with Crippen molar-refractivity contribution in [1.82, 2.24) is 20.0 Å². The molecular weight excluding hydrogens is 528 g/mol. The van der Waals surface area contributed by atoms with Crippen molar-refractivity contribution in [2.24, 2.45) is 0 Å². The van der Waals surface area contributed by atoms with Crippen molar-refractivity contribution < 1.29 is 18.9 Å². The maximum Gasteiger partial charge on any atom is 0.242 e. The average Bonchev–Trinajstić information content (AvgIpc) is 3.66. The summed E-state index contributed by atoms with van der Waals surface area (Å²) >= 11 is 0. The van der Waals surface area contributed by atoms with Gasteiger partial charge in [0.15, 0.2) is 0 Å². The Hall–Kier alpha value is -3.88. The molecule has 8 nitrogen and oxygen atoms in total. The highest BCUT2D eigenvalue weighted by Crippen LogP contribution is 2.41. The number of methoxy groups -OCH3 is 2. The lowest BCUT2D eigenvalue weighted by molar-refractivity contribution is 0.0947. The van der Waals surface area contributed by atoms with Crippen LogP contribution in [0.5, 0.6) is 23.3 Å². The molecule has 6 rings (SSSR count). The molecule has 2 aliphatic rings. The first kappa shape index (κ1) is 28.2. The monoisotopic (exact) mass is 568 g/mol. The number of fused-ring (bicyclic) bond motifs is 1. The Kier molecular flexibility index (Phi) is 8.44. The third-order valence-electron chi connectivity index (χ3n) is 8.84. The number of nitrogens with zero attached hydrogens (tertiary/aromatic N) is 4. The molecule has 42 heavy (non-hydrogen) atoms. The maximum absolute atomic E-state index is 6.83. The molecule has 1 aromatic heterocycles. The zero-order valence-corrected chi connectivity index (χ0v) is 24.9. The smallest absolute Gasteiger partial charge is 0.242 e. The lowest BCUT2D eigenvalue weighted by Gasteiger charge is -2.31. The minimum atomic E-state index is -0.272. The normalized spacial score (nSPS) is 20.9. The van der Waals surface area contributed by atoms with Gasteiger partial charge in [-0.2, -0.15) is 0 Å². The fourth-order valence-corrected chi connectivity index (χ4v) is 6.61. The van der Waals surface area contributed by atoms with Crippen LogP contribution in [0.1, 0.15) is 49.0 Å². The van der Waals surface area contributed by atoms with E-state index >= 15 is 0 Å². The maximum atomic E-state index is 6.83. The molecular formula is C34H40N4O4. The van der Waals surface area contributed by atoms with Crippen molar-refractivity contribution in [2.45, 2.75) is 50.0 Å². The van der Waals surface area contributed by atoms with Gasteiger partial charge in [0.1, 0.15) is 23.7 Å². The van der Waals surface area contributed by atoms with E-state index in [2.05, 4.69) is 46.2 Å². The predicted molar refractivity (Wildman–Crippen MR) is 164 cm³/mol. The molecule has 0 N–H and O–H groups in total. The number of likely N-dealkylation sites (tertiary alicyclic amines) is 2. The molecule has 8 heteroatoms. The topological polar surface area (TPSA) is 69.2 Å². The summed E-state index contributed by atoms with van der Waals surface area (Å²) in [5.41, 5.74) is 2.01. The Morgan fingerprint density at radius 2 is 1.02 bits per heavy atom. The zero-order valence-electron chi connectivity index (χ0n) is 24.9. The van der Waals surface area contributed by atoms with Crippen molar-refractivity contribution in [3.63, 3.8) is 0 Å². The summed E-state index contributed by atoms with van der Waals surface area (Å²) in [5.74, 6) is 2.59. The van der Waals surface area contributed by atoms with Gasteiger partial charge in [-0.3, -0.25) is 9.80 Å². The number of hydrogen-bond acceptors (Lipinski definition) is 8. The summed E-state index contributed by atoms with van der Waals surface area (Å²) in [5, 5.41) is 11.0. The molecule has 4 atom stereocenters. The van der Waals surface area contributed by atoms with Gasteiger partial charge in [-0.25, -0.2) is 0 Å². The van der Waals surface area contributed by atoms with Gasteiger partial charge in [-0.15, -0.1) is 10.2 Å². The molecule has 220 valence electrons. The third kappa shape index (κ3) is 5.49. The van der Waals surface area contributed by atoms with Crippen molar-refractivity contribution in [3.8, 4) is 23.3 Å². The van der Waals surface area contributed by atoms with Crippen LogP contribution in [0.4, 0.5) is 0 Å². The highest BCUT2D eigenvalue weighted by molar-refractivity contribution is 5.90. The van der Waals surface area contributed by atoms with E-state index in [1.807, 2.05) is 60.7 Å². The number of likely N-dealkylation sites (N-methyl/N-ethyl adjacent to an activating group) is 2. The second-order valence-electron chi connectivity index (χ2n) is 11.3. The summed E-state index contributed by atoms with van der Waals surface area (Å²) in [6.45, 7) is 2.05. The van der Waals surface area contributed by atoms with E-state index in [0.717, 1.165) is 72.2 Å². The Morgan fingerprint density at radius 3 is 1.40 bits per heavy atom. The van der Waals surface area contributed by atoms with Gasteiger partial charge >= 0.3 is 0 Å². The number of hydrogen-bond donors (Lipinski definition) is 0. The minimum Gasteiger partial charge on any atom is -0.496 e. The van der Waals surface area contributed by atoms with Crippen LogP contribution >= 0.6 is 0 Å². The lowest BCUT2D eigenvalue weighted by Crippen LogP contribution is -2.35. The second kappa shape index (κ2) is 12.5. The number of aromatic nitrogens is 2.